The molecular weight excluding hydrogens is 306 g/mol. The molecule has 0 bridgehead atoms. The number of benzene rings is 1. The topological polar surface area (TPSA) is 71.0 Å². The first-order valence-corrected chi connectivity index (χ1v) is 8.48. The molecule has 24 heavy (non-hydrogen) atoms. The molecule has 2 atom stereocenters. The smallest absolute Gasteiger partial charge is 0.267 e. The second kappa shape index (κ2) is 7.57. The van der Waals surface area contributed by atoms with Crippen LogP contribution in [0.3, 0.4) is 0 Å². The highest BCUT2D eigenvalue weighted by Crippen LogP contribution is 2.17. The average Bonchev–Trinajstić information content (AvgIpc) is 3.12. The first-order valence-electron chi connectivity index (χ1n) is 8.48. The zero-order chi connectivity index (χ0) is 16.9. The highest BCUT2D eigenvalue weighted by atomic mass is 16.5. The maximum absolute atomic E-state index is 12.4. The van der Waals surface area contributed by atoms with Crippen molar-refractivity contribution < 1.29 is 14.3 Å². The Bertz CT molecular complexity index is 624. The van der Waals surface area contributed by atoms with Crippen molar-refractivity contribution in [1.82, 2.24) is 10.3 Å². The van der Waals surface area contributed by atoms with Crippen LogP contribution in [0.2, 0.25) is 0 Å². The van der Waals surface area contributed by atoms with E-state index in [0.717, 1.165) is 25.0 Å². The summed E-state index contributed by atoms with van der Waals surface area (Å²) in [6.45, 7) is 3.09. The third-order valence-corrected chi connectivity index (χ3v) is 4.42. The third-order valence-electron chi connectivity index (χ3n) is 4.42. The minimum atomic E-state index is -0.205. The second-order valence-corrected chi connectivity index (χ2v) is 6.30. The van der Waals surface area contributed by atoms with Crippen LogP contribution in [-0.4, -0.2) is 41.3 Å². The van der Waals surface area contributed by atoms with E-state index in [1.54, 1.807) is 0 Å². The first-order chi connectivity index (χ1) is 11.6. The summed E-state index contributed by atoms with van der Waals surface area (Å²) >= 11 is 0. The number of carbonyl (C=O) groups is 2. The highest BCUT2D eigenvalue weighted by molar-refractivity contribution is 6.39. The Morgan fingerprint density at radius 3 is 2.88 bits per heavy atom. The van der Waals surface area contributed by atoms with Crippen LogP contribution in [0.1, 0.15) is 38.2 Å². The molecule has 6 heteroatoms. The van der Waals surface area contributed by atoms with Gasteiger partial charge in [-0.3, -0.25) is 9.59 Å². The van der Waals surface area contributed by atoms with Gasteiger partial charge in [-0.05, 0) is 25.3 Å². The Kier molecular flexibility index (Phi) is 5.25. The molecule has 2 amide bonds. The minimum absolute atomic E-state index is 0.0529. The van der Waals surface area contributed by atoms with Gasteiger partial charge in [0.1, 0.15) is 5.71 Å². The van der Waals surface area contributed by atoms with Crippen molar-refractivity contribution in [2.45, 2.75) is 51.3 Å². The number of rotatable bonds is 5. The third kappa shape index (κ3) is 4.00. The number of ether oxygens (including phenoxy) is 1. The van der Waals surface area contributed by atoms with Crippen molar-refractivity contribution in [3.05, 3.63) is 35.9 Å². The zero-order valence-corrected chi connectivity index (χ0v) is 13.9. The van der Waals surface area contributed by atoms with Crippen molar-refractivity contribution in [1.29, 1.82) is 0 Å². The molecule has 0 aliphatic carbocycles. The molecule has 0 saturated carbocycles. The van der Waals surface area contributed by atoms with Gasteiger partial charge in [0.2, 0.25) is 5.91 Å². The van der Waals surface area contributed by atoms with Gasteiger partial charge in [-0.2, -0.15) is 5.10 Å². The number of nitrogens with zero attached hydrogens (tertiary/aromatic N) is 2. The van der Waals surface area contributed by atoms with Crippen molar-refractivity contribution in [2.24, 2.45) is 5.10 Å². The largest absolute Gasteiger partial charge is 0.376 e. The molecule has 2 heterocycles. The Labute approximate surface area is 141 Å². The quantitative estimate of drug-likeness (QED) is 0.896. The first kappa shape index (κ1) is 16.6. The van der Waals surface area contributed by atoms with Gasteiger partial charge in [0.15, 0.2) is 0 Å². The molecular formula is C18H23N3O3. The van der Waals surface area contributed by atoms with E-state index in [2.05, 4.69) is 10.4 Å². The van der Waals surface area contributed by atoms with Crippen LogP contribution in [0, 0.1) is 0 Å². The number of hydrazone groups is 1. The van der Waals surface area contributed by atoms with Crippen molar-refractivity contribution in [2.75, 3.05) is 6.61 Å². The molecule has 1 saturated heterocycles. The summed E-state index contributed by atoms with van der Waals surface area (Å²) in [5.74, 6) is -0.258. The van der Waals surface area contributed by atoms with E-state index < -0.39 is 0 Å². The lowest BCUT2D eigenvalue weighted by Crippen LogP contribution is -2.46. The summed E-state index contributed by atoms with van der Waals surface area (Å²) in [6, 6.07) is 9.60. The summed E-state index contributed by atoms with van der Waals surface area (Å²) in [6.07, 6.45) is 2.76. The zero-order valence-electron chi connectivity index (χ0n) is 13.9. The fourth-order valence-electron chi connectivity index (χ4n) is 3.02. The van der Waals surface area contributed by atoms with Gasteiger partial charge in [0, 0.05) is 19.4 Å². The Morgan fingerprint density at radius 1 is 1.38 bits per heavy atom. The molecule has 2 aliphatic heterocycles. The maximum atomic E-state index is 12.4. The van der Waals surface area contributed by atoms with Gasteiger partial charge >= 0.3 is 0 Å². The lowest BCUT2D eigenvalue weighted by Gasteiger charge is -2.25. The molecule has 1 N–H and O–H groups in total. The predicted octanol–water partition coefficient (Wildman–Crippen LogP) is 1.85. The van der Waals surface area contributed by atoms with E-state index in [9.17, 15) is 9.59 Å². The normalized spacial score (nSPS) is 22.2. The fourth-order valence-corrected chi connectivity index (χ4v) is 3.02. The van der Waals surface area contributed by atoms with Gasteiger partial charge in [0.25, 0.3) is 5.91 Å². The predicted molar refractivity (Wildman–Crippen MR) is 90.2 cm³/mol. The highest BCUT2D eigenvalue weighted by Gasteiger charge is 2.28. The van der Waals surface area contributed by atoms with Gasteiger partial charge in [-0.15, -0.1) is 0 Å². The van der Waals surface area contributed by atoms with E-state index in [0.29, 0.717) is 25.1 Å². The van der Waals surface area contributed by atoms with E-state index in [-0.39, 0.29) is 24.0 Å². The second-order valence-electron chi connectivity index (χ2n) is 6.30. The number of hydrogen-bond donors (Lipinski definition) is 1. The van der Waals surface area contributed by atoms with Gasteiger partial charge in [0.05, 0.1) is 18.7 Å². The van der Waals surface area contributed by atoms with E-state index in [1.165, 1.54) is 5.01 Å². The number of carbonyl (C=O) groups excluding carboxylic acids is 2. The lowest BCUT2D eigenvalue weighted by molar-refractivity contribution is -0.132. The monoisotopic (exact) mass is 329 g/mol. The molecule has 2 aliphatic rings. The number of nitrogens with one attached hydrogen (secondary N) is 1. The van der Waals surface area contributed by atoms with Gasteiger partial charge < -0.3 is 10.1 Å². The summed E-state index contributed by atoms with van der Waals surface area (Å²) < 4.78 is 5.60. The Hall–Kier alpha value is -2.21. The van der Waals surface area contributed by atoms with E-state index in [1.807, 2.05) is 37.3 Å². The molecule has 6 nitrogen and oxygen atoms in total. The van der Waals surface area contributed by atoms with Crippen LogP contribution in [0.5, 0.6) is 0 Å². The summed E-state index contributed by atoms with van der Waals surface area (Å²) in [7, 11) is 0. The van der Waals surface area contributed by atoms with Crippen molar-refractivity contribution in [3.8, 4) is 0 Å². The number of hydrogen-bond acceptors (Lipinski definition) is 4. The lowest BCUT2D eigenvalue weighted by atomic mass is 10.1. The van der Waals surface area contributed by atoms with E-state index in [4.69, 9.17) is 4.74 Å². The van der Waals surface area contributed by atoms with Crippen LogP contribution in [0.4, 0.5) is 0 Å². The standard InChI is InChI=1S/C18H23N3O3/c1-13(16-8-5-11-24-16)19-18(23)15-9-10-17(22)21(20-15)12-14-6-3-2-4-7-14/h2-4,6-7,13,16H,5,8-12H2,1H3,(H,19,23)/t13-,16+/m0/s1. The molecule has 0 unspecified atom stereocenters. The molecule has 3 rings (SSSR count). The molecule has 0 spiro atoms. The van der Waals surface area contributed by atoms with Gasteiger partial charge in [-0.25, -0.2) is 5.01 Å². The van der Waals surface area contributed by atoms with Gasteiger partial charge in [-0.1, -0.05) is 30.3 Å². The molecule has 0 aromatic heterocycles. The van der Waals surface area contributed by atoms with E-state index >= 15 is 0 Å². The molecule has 1 aromatic rings. The summed E-state index contributed by atoms with van der Waals surface area (Å²) in [5, 5.41) is 8.64. The Balaban J connectivity index is 1.64. The van der Waals surface area contributed by atoms with Crippen molar-refractivity contribution in [3.63, 3.8) is 0 Å². The molecule has 1 aromatic carbocycles. The number of amides is 2. The minimum Gasteiger partial charge on any atom is -0.376 e. The van der Waals surface area contributed by atoms with Crippen LogP contribution >= 0.6 is 0 Å². The molecule has 0 radical (unpaired) electrons. The average molecular weight is 329 g/mol. The molecule has 128 valence electrons. The van der Waals surface area contributed by atoms with Crippen LogP contribution in [0.15, 0.2) is 35.4 Å². The van der Waals surface area contributed by atoms with Crippen molar-refractivity contribution >= 4 is 17.5 Å². The molecule has 1 fully saturated rings. The summed E-state index contributed by atoms with van der Waals surface area (Å²) in [4.78, 5) is 24.5. The van der Waals surface area contributed by atoms with Crippen LogP contribution < -0.4 is 5.32 Å². The summed E-state index contributed by atoms with van der Waals surface area (Å²) in [5.41, 5.74) is 1.40. The SMILES string of the molecule is C[C@H](NC(=O)C1=NN(Cc2ccccc2)C(=O)CC1)[C@H]1CCCO1. The van der Waals surface area contributed by atoms with Crippen LogP contribution in [-0.2, 0) is 20.9 Å². The fraction of sp³-hybridized carbons (Fsp3) is 0.500. The van der Waals surface area contributed by atoms with Crippen LogP contribution in [0.25, 0.3) is 0 Å². The maximum Gasteiger partial charge on any atom is 0.267 e. The Morgan fingerprint density at radius 2 is 2.17 bits per heavy atom.